The molecular formula is C34H30N2+2. The first-order chi connectivity index (χ1) is 17.6. The van der Waals surface area contributed by atoms with Gasteiger partial charge < -0.3 is 0 Å². The van der Waals surface area contributed by atoms with Crippen LogP contribution in [0.2, 0.25) is 0 Å². The van der Waals surface area contributed by atoms with Gasteiger partial charge >= 0.3 is 0 Å². The summed E-state index contributed by atoms with van der Waals surface area (Å²) in [4.78, 5) is 0. The highest BCUT2D eigenvalue weighted by molar-refractivity contribution is 6.04. The molecule has 2 heteroatoms. The lowest BCUT2D eigenvalue weighted by Crippen LogP contribution is -2.34. The number of quaternary nitrogens is 1. The number of rotatable bonds is 4. The van der Waals surface area contributed by atoms with Crippen LogP contribution in [-0.2, 0) is 7.05 Å². The lowest BCUT2D eigenvalue weighted by Gasteiger charge is -2.34. The molecule has 6 rings (SSSR count). The van der Waals surface area contributed by atoms with Crippen LogP contribution in [-0.4, -0.2) is 7.05 Å². The second-order valence-corrected chi connectivity index (χ2v) is 9.65. The minimum Gasteiger partial charge on any atom is -0.229 e. The highest BCUT2D eigenvalue weighted by atomic mass is 15.3. The number of aromatic nitrogens is 1. The zero-order valence-electron chi connectivity index (χ0n) is 21.0. The first kappa shape index (κ1) is 22.2. The summed E-state index contributed by atoms with van der Waals surface area (Å²) in [5.74, 6) is 0. The molecule has 0 atom stereocenters. The number of nitrogens with zero attached hydrogens (tertiary/aromatic N) is 2. The molecule has 2 nitrogen and oxygen atoms in total. The Hall–Kier alpha value is -4.27. The summed E-state index contributed by atoms with van der Waals surface area (Å²) < 4.78 is 2.84. The van der Waals surface area contributed by atoms with Crippen molar-refractivity contribution < 1.29 is 4.57 Å². The predicted octanol–water partition coefficient (Wildman–Crippen LogP) is 8.39. The van der Waals surface area contributed by atoms with E-state index in [1.165, 1.54) is 55.4 Å². The van der Waals surface area contributed by atoms with E-state index in [0.717, 1.165) is 0 Å². The van der Waals surface area contributed by atoms with Crippen LogP contribution in [0.25, 0.3) is 32.8 Å². The van der Waals surface area contributed by atoms with Crippen molar-refractivity contribution >= 4 is 38.6 Å². The summed E-state index contributed by atoms with van der Waals surface area (Å²) in [6.45, 7) is 2.28. The van der Waals surface area contributed by atoms with Crippen LogP contribution >= 0.6 is 0 Å². The van der Waals surface area contributed by atoms with E-state index in [4.69, 9.17) is 0 Å². The Morgan fingerprint density at radius 2 is 1.19 bits per heavy atom. The molecular weight excluding hydrogens is 436 g/mol. The average Bonchev–Trinajstić information content (AvgIpc) is 2.94. The first-order valence-electron chi connectivity index (χ1n) is 12.5. The Balaban J connectivity index is 1.71. The Morgan fingerprint density at radius 1 is 0.583 bits per heavy atom. The largest absolute Gasteiger partial charge is 0.229 e. The van der Waals surface area contributed by atoms with Crippen LogP contribution < -0.4 is 9.05 Å². The molecule has 1 heterocycles. The van der Waals surface area contributed by atoms with Gasteiger partial charge in [0.25, 0.3) is 0 Å². The minimum atomic E-state index is 0.588. The fourth-order valence-corrected chi connectivity index (χ4v) is 5.70. The highest BCUT2D eigenvalue weighted by Crippen LogP contribution is 2.47. The van der Waals surface area contributed by atoms with Crippen molar-refractivity contribution in [3.8, 4) is 11.3 Å². The van der Waals surface area contributed by atoms with Gasteiger partial charge in [-0.25, -0.2) is 9.05 Å². The second kappa shape index (κ2) is 8.75. The second-order valence-electron chi connectivity index (χ2n) is 9.65. The third-order valence-corrected chi connectivity index (χ3v) is 7.61. The third kappa shape index (κ3) is 3.42. The predicted molar refractivity (Wildman–Crippen MR) is 153 cm³/mol. The van der Waals surface area contributed by atoms with E-state index in [1.54, 1.807) is 0 Å². The number of pyridine rings is 1. The number of hydrogen-bond acceptors (Lipinski definition) is 0. The molecule has 0 spiro atoms. The van der Waals surface area contributed by atoms with E-state index in [2.05, 4.69) is 153 Å². The zero-order valence-corrected chi connectivity index (χ0v) is 21.0. The van der Waals surface area contributed by atoms with E-state index < -0.39 is 0 Å². The summed E-state index contributed by atoms with van der Waals surface area (Å²) >= 11 is 0. The van der Waals surface area contributed by atoms with Gasteiger partial charge in [0.2, 0.25) is 5.69 Å². The van der Waals surface area contributed by atoms with Crippen molar-refractivity contribution in [2.75, 3.05) is 7.05 Å². The number of para-hydroxylation sites is 2. The zero-order chi connectivity index (χ0) is 24.7. The van der Waals surface area contributed by atoms with E-state index in [0.29, 0.717) is 4.48 Å². The van der Waals surface area contributed by atoms with Crippen LogP contribution in [0.4, 0.5) is 17.1 Å². The van der Waals surface area contributed by atoms with Crippen LogP contribution in [0.3, 0.4) is 0 Å². The SMILES string of the molecule is Cc1c(-c2c3ccccc3cc[n+]2C)ccc2cccc([N+](C)(c3ccccc3)c3ccccc3)c12. The molecule has 5 aromatic carbocycles. The first-order valence-corrected chi connectivity index (χ1v) is 12.5. The van der Waals surface area contributed by atoms with Gasteiger partial charge in [0.15, 0.2) is 11.9 Å². The molecule has 36 heavy (non-hydrogen) atoms. The molecule has 0 saturated carbocycles. The van der Waals surface area contributed by atoms with Gasteiger partial charge in [-0.05, 0) is 59.7 Å². The Labute approximate surface area is 212 Å². The molecule has 174 valence electrons. The maximum Gasteiger partial charge on any atom is 0.220 e. The number of fused-ring (bicyclic) bond motifs is 2. The Kier molecular flexibility index (Phi) is 5.40. The van der Waals surface area contributed by atoms with E-state index >= 15 is 0 Å². The van der Waals surface area contributed by atoms with Crippen LogP contribution in [0.5, 0.6) is 0 Å². The van der Waals surface area contributed by atoms with Crippen molar-refractivity contribution in [1.82, 2.24) is 4.48 Å². The molecule has 0 unspecified atom stereocenters. The van der Waals surface area contributed by atoms with Crippen LogP contribution in [0.15, 0.2) is 128 Å². The topological polar surface area (TPSA) is 3.88 Å². The van der Waals surface area contributed by atoms with Gasteiger partial charge in [-0.3, -0.25) is 0 Å². The van der Waals surface area contributed by atoms with E-state index in [9.17, 15) is 0 Å². The lowest BCUT2D eigenvalue weighted by molar-refractivity contribution is -0.659. The minimum absolute atomic E-state index is 0.588. The smallest absolute Gasteiger partial charge is 0.220 e. The van der Waals surface area contributed by atoms with Gasteiger partial charge in [0.1, 0.15) is 18.4 Å². The highest BCUT2D eigenvalue weighted by Gasteiger charge is 2.34. The fraction of sp³-hybridized carbons (Fsp3) is 0.0882. The Bertz CT molecular complexity index is 1660. The number of hydrogen-bond donors (Lipinski definition) is 0. The molecule has 1 aromatic heterocycles. The van der Waals surface area contributed by atoms with Gasteiger partial charge in [-0.2, -0.15) is 0 Å². The van der Waals surface area contributed by atoms with E-state index in [-0.39, 0.29) is 0 Å². The monoisotopic (exact) mass is 466 g/mol. The van der Waals surface area contributed by atoms with Crippen molar-refractivity contribution in [2.24, 2.45) is 7.05 Å². The summed E-state index contributed by atoms with van der Waals surface area (Å²) in [6.07, 6.45) is 2.17. The van der Waals surface area contributed by atoms with Crippen molar-refractivity contribution in [2.45, 2.75) is 6.92 Å². The fourth-order valence-electron chi connectivity index (χ4n) is 5.70. The van der Waals surface area contributed by atoms with Crippen molar-refractivity contribution in [3.63, 3.8) is 0 Å². The summed E-state index contributed by atoms with van der Waals surface area (Å²) in [7, 11) is 4.45. The Morgan fingerprint density at radius 3 is 1.89 bits per heavy atom. The number of benzene rings is 5. The molecule has 0 saturated heterocycles. The molecule has 0 aliphatic heterocycles. The average molecular weight is 467 g/mol. The summed E-state index contributed by atoms with van der Waals surface area (Å²) in [5, 5.41) is 5.09. The summed E-state index contributed by atoms with van der Waals surface area (Å²) in [6, 6.07) is 43.8. The molecule has 0 radical (unpaired) electrons. The molecule has 0 fully saturated rings. The molecule has 6 aromatic rings. The van der Waals surface area contributed by atoms with Crippen molar-refractivity contribution in [1.29, 1.82) is 0 Å². The van der Waals surface area contributed by atoms with Gasteiger partial charge in [-0.1, -0.05) is 72.8 Å². The maximum absolute atomic E-state index is 2.31. The van der Waals surface area contributed by atoms with Gasteiger partial charge in [0.05, 0.1) is 18.0 Å². The quantitative estimate of drug-likeness (QED) is 0.181. The summed E-state index contributed by atoms with van der Waals surface area (Å²) in [5.41, 5.74) is 7.55. The van der Waals surface area contributed by atoms with E-state index in [1.807, 2.05) is 0 Å². The third-order valence-electron chi connectivity index (χ3n) is 7.61. The molecule has 0 aliphatic carbocycles. The van der Waals surface area contributed by atoms with Crippen LogP contribution in [0, 0.1) is 6.92 Å². The van der Waals surface area contributed by atoms with Crippen LogP contribution in [0.1, 0.15) is 5.56 Å². The standard InChI is InChI=1S/C34H30N2/c1-25-30(34-31-19-11-10-13-26(31)23-24-35(34)2)22-21-27-14-12-20-32(33(25)27)36(3,28-15-6-4-7-16-28)29-17-8-5-9-18-29/h4-24H,1-3H3/q+2. The van der Waals surface area contributed by atoms with Gasteiger partial charge in [0, 0.05) is 17.5 Å². The normalized spacial score (nSPS) is 11.8. The van der Waals surface area contributed by atoms with Crippen molar-refractivity contribution in [3.05, 3.63) is 133 Å². The molecule has 0 bridgehead atoms. The maximum atomic E-state index is 2.31. The lowest BCUT2D eigenvalue weighted by atomic mass is 9.93. The van der Waals surface area contributed by atoms with Gasteiger partial charge in [-0.15, -0.1) is 0 Å². The molecule has 0 amide bonds. The molecule has 0 N–H and O–H groups in total. The number of aryl methyl sites for hydroxylation is 2. The molecule has 0 aliphatic rings.